The second kappa shape index (κ2) is 8.47. The molecule has 0 radical (unpaired) electrons. The molecule has 26 heavy (non-hydrogen) atoms. The first-order valence-corrected chi connectivity index (χ1v) is 10.6. The van der Waals surface area contributed by atoms with E-state index in [0.29, 0.717) is 45.8 Å². The van der Waals surface area contributed by atoms with Crippen molar-refractivity contribution in [3.05, 3.63) is 35.9 Å². The molecular weight excluding hydrogens is 354 g/mol. The highest BCUT2D eigenvalue weighted by atomic mass is 32.2. The van der Waals surface area contributed by atoms with E-state index in [0.717, 1.165) is 5.56 Å². The minimum absolute atomic E-state index is 0.0142. The summed E-state index contributed by atoms with van der Waals surface area (Å²) < 4.78 is 34.2. The maximum atomic E-state index is 13.0. The number of morpholine rings is 1. The lowest BCUT2D eigenvalue weighted by Gasteiger charge is -2.34. The van der Waals surface area contributed by atoms with Crippen LogP contribution in [0.15, 0.2) is 30.3 Å². The van der Waals surface area contributed by atoms with Gasteiger partial charge in [-0.15, -0.1) is 0 Å². The third kappa shape index (κ3) is 4.25. The fourth-order valence-electron chi connectivity index (χ4n) is 3.49. The van der Waals surface area contributed by atoms with Crippen LogP contribution in [0.25, 0.3) is 0 Å². The summed E-state index contributed by atoms with van der Waals surface area (Å²) >= 11 is 0. The average Bonchev–Trinajstić information content (AvgIpc) is 2.83. The van der Waals surface area contributed by atoms with Crippen LogP contribution in [0.3, 0.4) is 0 Å². The highest BCUT2D eigenvalue weighted by molar-refractivity contribution is 7.86. The molecule has 2 aliphatic heterocycles. The average molecular weight is 381 g/mol. The predicted octanol–water partition coefficient (Wildman–Crippen LogP) is 1.08. The molecule has 3 rings (SSSR count). The van der Waals surface area contributed by atoms with Gasteiger partial charge in [0, 0.05) is 45.2 Å². The van der Waals surface area contributed by atoms with E-state index in [2.05, 4.69) is 0 Å². The van der Waals surface area contributed by atoms with Crippen LogP contribution in [-0.2, 0) is 26.3 Å². The van der Waals surface area contributed by atoms with E-state index in [-0.39, 0.29) is 24.9 Å². The Kier molecular flexibility index (Phi) is 6.29. The molecule has 0 bridgehead atoms. The second-order valence-corrected chi connectivity index (χ2v) is 8.62. The first-order chi connectivity index (χ1) is 12.5. The fraction of sp³-hybridized carbons (Fsp3) is 0.611. The quantitative estimate of drug-likeness (QED) is 0.765. The van der Waals surface area contributed by atoms with Crippen molar-refractivity contribution in [3.8, 4) is 0 Å². The molecule has 144 valence electrons. The number of hydrogen-bond donors (Lipinski definition) is 0. The minimum atomic E-state index is -3.56. The van der Waals surface area contributed by atoms with E-state index in [4.69, 9.17) is 4.74 Å². The van der Waals surface area contributed by atoms with E-state index in [9.17, 15) is 13.2 Å². The lowest BCUT2D eigenvalue weighted by atomic mass is 10.1. The van der Waals surface area contributed by atoms with E-state index in [1.807, 2.05) is 42.2 Å². The molecule has 0 aromatic heterocycles. The van der Waals surface area contributed by atoms with Crippen LogP contribution in [-0.4, -0.2) is 73.3 Å². The Bertz CT molecular complexity index is 704. The first kappa shape index (κ1) is 19.3. The number of ether oxygens (including phenoxy) is 1. The van der Waals surface area contributed by atoms with Gasteiger partial charge in [0.15, 0.2) is 0 Å². The summed E-state index contributed by atoms with van der Waals surface area (Å²) in [6, 6.07) is 9.71. The standard InChI is InChI=1S/C18H27N3O4S/c1-2-17-15-20(26(23,24)19-10-12-25-13-11-19)9-8-18(22)21(17)14-16-6-4-3-5-7-16/h3-7,17H,2,8-15H2,1H3/t17-/m0/s1. The fourth-order valence-corrected chi connectivity index (χ4v) is 5.11. The number of nitrogens with zero attached hydrogens (tertiary/aromatic N) is 3. The van der Waals surface area contributed by atoms with Crippen molar-refractivity contribution < 1.29 is 17.9 Å². The van der Waals surface area contributed by atoms with Crippen molar-refractivity contribution >= 4 is 16.1 Å². The Morgan fingerprint density at radius 2 is 1.77 bits per heavy atom. The van der Waals surface area contributed by atoms with Gasteiger partial charge in [-0.1, -0.05) is 37.3 Å². The molecule has 0 N–H and O–H groups in total. The van der Waals surface area contributed by atoms with Gasteiger partial charge in [-0.05, 0) is 12.0 Å². The molecule has 2 fully saturated rings. The van der Waals surface area contributed by atoms with Gasteiger partial charge in [-0.25, -0.2) is 0 Å². The molecule has 8 heteroatoms. The van der Waals surface area contributed by atoms with E-state index in [1.54, 1.807) is 0 Å². The maximum absolute atomic E-state index is 13.0. The van der Waals surface area contributed by atoms with Gasteiger partial charge in [0.2, 0.25) is 5.91 Å². The van der Waals surface area contributed by atoms with Crippen LogP contribution in [0.5, 0.6) is 0 Å². The third-order valence-electron chi connectivity index (χ3n) is 5.04. The molecule has 2 aliphatic rings. The predicted molar refractivity (Wildman–Crippen MR) is 98.6 cm³/mol. The van der Waals surface area contributed by atoms with Crippen LogP contribution in [0.1, 0.15) is 25.3 Å². The van der Waals surface area contributed by atoms with E-state index < -0.39 is 10.2 Å². The summed E-state index contributed by atoms with van der Waals surface area (Å²) in [4.78, 5) is 14.5. The zero-order valence-corrected chi connectivity index (χ0v) is 16.0. The minimum Gasteiger partial charge on any atom is -0.379 e. The summed E-state index contributed by atoms with van der Waals surface area (Å²) in [5.41, 5.74) is 1.06. The Morgan fingerprint density at radius 3 is 2.42 bits per heavy atom. The molecule has 1 aromatic carbocycles. The summed E-state index contributed by atoms with van der Waals surface area (Å²) in [5.74, 6) is 0.0142. The van der Waals surface area contributed by atoms with Crippen LogP contribution < -0.4 is 0 Å². The lowest BCUT2D eigenvalue weighted by Crippen LogP contribution is -2.51. The monoisotopic (exact) mass is 381 g/mol. The molecule has 1 atom stereocenters. The smallest absolute Gasteiger partial charge is 0.282 e. The van der Waals surface area contributed by atoms with Crippen LogP contribution in [0.2, 0.25) is 0 Å². The Labute approximate surface area is 155 Å². The van der Waals surface area contributed by atoms with Crippen molar-refractivity contribution in [2.45, 2.75) is 32.4 Å². The number of amides is 1. The van der Waals surface area contributed by atoms with Gasteiger partial charge in [-0.2, -0.15) is 17.0 Å². The molecule has 1 aromatic rings. The van der Waals surface area contributed by atoms with Crippen molar-refractivity contribution in [1.82, 2.24) is 13.5 Å². The highest BCUT2D eigenvalue weighted by Crippen LogP contribution is 2.21. The SMILES string of the molecule is CC[C@H]1CN(S(=O)(=O)N2CCOCC2)CCC(=O)N1Cc1ccccc1. The number of carbonyl (C=O) groups is 1. The first-order valence-electron chi connectivity index (χ1n) is 9.18. The van der Waals surface area contributed by atoms with Crippen molar-refractivity contribution in [1.29, 1.82) is 0 Å². The Balaban J connectivity index is 1.77. The summed E-state index contributed by atoms with van der Waals surface area (Å²) in [5, 5.41) is 0. The number of benzene rings is 1. The van der Waals surface area contributed by atoms with Crippen LogP contribution >= 0.6 is 0 Å². The van der Waals surface area contributed by atoms with Gasteiger partial charge >= 0.3 is 0 Å². The van der Waals surface area contributed by atoms with Crippen molar-refractivity contribution in [2.24, 2.45) is 0 Å². The molecule has 7 nitrogen and oxygen atoms in total. The molecule has 0 spiro atoms. The van der Waals surface area contributed by atoms with Crippen molar-refractivity contribution in [3.63, 3.8) is 0 Å². The normalized spacial score (nSPS) is 23.8. The Morgan fingerprint density at radius 1 is 1.08 bits per heavy atom. The summed E-state index contributed by atoms with van der Waals surface area (Å²) in [6.45, 7) is 4.68. The molecule has 0 unspecified atom stereocenters. The largest absolute Gasteiger partial charge is 0.379 e. The van der Waals surface area contributed by atoms with Gasteiger partial charge < -0.3 is 9.64 Å². The molecule has 0 saturated carbocycles. The van der Waals surface area contributed by atoms with Crippen LogP contribution in [0.4, 0.5) is 0 Å². The van der Waals surface area contributed by atoms with Gasteiger partial charge in [-0.3, -0.25) is 4.79 Å². The van der Waals surface area contributed by atoms with E-state index >= 15 is 0 Å². The number of rotatable bonds is 5. The molecule has 2 saturated heterocycles. The molecular formula is C18H27N3O4S. The third-order valence-corrected chi connectivity index (χ3v) is 7.04. The zero-order chi connectivity index (χ0) is 18.6. The number of carbonyl (C=O) groups excluding carboxylic acids is 1. The van der Waals surface area contributed by atoms with Gasteiger partial charge in [0.05, 0.1) is 13.2 Å². The Hall–Kier alpha value is -1.48. The van der Waals surface area contributed by atoms with Gasteiger partial charge in [0.1, 0.15) is 0 Å². The summed E-state index contributed by atoms with van der Waals surface area (Å²) in [7, 11) is -3.56. The molecule has 2 heterocycles. The number of hydrogen-bond acceptors (Lipinski definition) is 4. The molecule has 1 amide bonds. The highest BCUT2D eigenvalue weighted by Gasteiger charge is 2.37. The van der Waals surface area contributed by atoms with Crippen molar-refractivity contribution in [2.75, 3.05) is 39.4 Å². The summed E-state index contributed by atoms with van der Waals surface area (Å²) in [6.07, 6.45) is 0.931. The maximum Gasteiger partial charge on any atom is 0.282 e. The zero-order valence-electron chi connectivity index (χ0n) is 15.2. The van der Waals surface area contributed by atoms with Gasteiger partial charge in [0.25, 0.3) is 10.2 Å². The van der Waals surface area contributed by atoms with Crippen LogP contribution in [0, 0.1) is 0 Å². The topological polar surface area (TPSA) is 70.2 Å². The van der Waals surface area contributed by atoms with E-state index in [1.165, 1.54) is 8.61 Å². The molecule has 0 aliphatic carbocycles. The lowest BCUT2D eigenvalue weighted by molar-refractivity contribution is -0.133. The second-order valence-electron chi connectivity index (χ2n) is 6.70.